The molecule has 1 saturated carbocycles. The van der Waals surface area contributed by atoms with Crippen molar-refractivity contribution in [3.8, 4) is 0 Å². The summed E-state index contributed by atoms with van der Waals surface area (Å²) in [4.78, 5) is 7.92. The molecule has 0 radical (unpaired) electrons. The maximum Gasteiger partial charge on any atom is 0.190 e. The summed E-state index contributed by atoms with van der Waals surface area (Å²) in [6.45, 7) is 4.33. The van der Waals surface area contributed by atoms with Crippen molar-refractivity contribution >= 4 is 22.2 Å². The van der Waals surface area contributed by atoms with Gasteiger partial charge in [-0.1, -0.05) is 29.0 Å². The molecule has 1 aromatic carbocycles. The van der Waals surface area contributed by atoms with E-state index in [4.69, 9.17) is 4.98 Å². The van der Waals surface area contributed by atoms with Crippen LogP contribution in [0.2, 0.25) is 0 Å². The van der Waals surface area contributed by atoms with Gasteiger partial charge in [-0.25, -0.2) is 4.98 Å². The van der Waals surface area contributed by atoms with Gasteiger partial charge in [-0.2, -0.15) is 0 Å². The largest absolute Gasteiger partial charge is 0.391 e. The van der Waals surface area contributed by atoms with Crippen LogP contribution in [0.25, 0.3) is 0 Å². The van der Waals surface area contributed by atoms with Crippen LogP contribution in [0.15, 0.2) is 18.2 Å². The second-order valence-electron chi connectivity index (χ2n) is 5.59. The van der Waals surface area contributed by atoms with Crippen LogP contribution >= 0.6 is 11.3 Å². The molecule has 1 aromatic heterocycles. The third kappa shape index (κ3) is 2.45. The second kappa shape index (κ2) is 5.19. The molecule has 3 rings (SSSR count). The summed E-state index contributed by atoms with van der Waals surface area (Å²) in [5.74, 6) is 0.578. The fourth-order valence-corrected chi connectivity index (χ4v) is 3.55. The summed E-state index contributed by atoms with van der Waals surface area (Å²) in [7, 11) is 2.05. The molecule has 0 aliphatic heterocycles. The van der Waals surface area contributed by atoms with E-state index in [-0.39, 0.29) is 6.61 Å². The van der Waals surface area contributed by atoms with E-state index in [1.165, 1.54) is 29.7 Å². The van der Waals surface area contributed by atoms with E-state index in [2.05, 4.69) is 36.9 Å². The topological polar surface area (TPSA) is 36.4 Å². The Morgan fingerprint density at radius 2 is 2.10 bits per heavy atom. The molecular formula is C16H20N2OS. The zero-order valence-corrected chi connectivity index (χ0v) is 13.0. The highest BCUT2D eigenvalue weighted by atomic mass is 32.1. The Kier molecular flexibility index (Phi) is 3.52. The zero-order valence-electron chi connectivity index (χ0n) is 12.2. The third-order valence-corrected chi connectivity index (χ3v) is 4.96. The molecule has 4 heteroatoms. The van der Waals surface area contributed by atoms with Crippen molar-refractivity contribution < 1.29 is 5.11 Å². The van der Waals surface area contributed by atoms with Crippen LogP contribution in [-0.2, 0) is 6.61 Å². The van der Waals surface area contributed by atoms with Gasteiger partial charge in [0.2, 0.25) is 0 Å². The van der Waals surface area contributed by atoms with Crippen molar-refractivity contribution in [2.24, 2.45) is 0 Å². The minimum atomic E-state index is 0.101. The van der Waals surface area contributed by atoms with Crippen molar-refractivity contribution in [3.63, 3.8) is 0 Å². The van der Waals surface area contributed by atoms with E-state index >= 15 is 0 Å². The summed E-state index contributed by atoms with van der Waals surface area (Å²) < 4.78 is 0. The van der Waals surface area contributed by atoms with Gasteiger partial charge in [-0.15, -0.1) is 0 Å². The number of hydrogen-bond donors (Lipinski definition) is 1. The zero-order chi connectivity index (χ0) is 14.3. The number of anilines is 2. The van der Waals surface area contributed by atoms with Gasteiger partial charge in [0, 0.05) is 18.7 Å². The first kappa shape index (κ1) is 13.6. The minimum Gasteiger partial charge on any atom is -0.391 e. The van der Waals surface area contributed by atoms with E-state index in [9.17, 15) is 5.11 Å². The molecule has 0 atom stereocenters. The van der Waals surface area contributed by atoms with Gasteiger partial charge in [0.25, 0.3) is 0 Å². The number of rotatable bonds is 4. The number of aliphatic hydroxyl groups excluding tert-OH is 1. The highest BCUT2D eigenvalue weighted by Crippen LogP contribution is 2.44. The number of nitrogens with zero attached hydrogens (tertiary/aromatic N) is 2. The number of thiazole rings is 1. The van der Waals surface area contributed by atoms with Crippen molar-refractivity contribution in [3.05, 3.63) is 39.9 Å². The predicted molar refractivity (Wildman–Crippen MR) is 84.0 cm³/mol. The Bertz CT molecular complexity index is 631. The maximum absolute atomic E-state index is 9.50. The third-order valence-electron chi connectivity index (χ3n) is 3.82. The summed E-state index contributed by atoms with van der Waals surface area (Å²) in [6.07, 6.45) is 2.42. The summed E-state index contributed by atoms with van der Waals surface area (Å²) in [6, 6.07) is 6.46. The lowest BCUT2D eigenvalue weighted by Crippen LogP contribution is -2.10. The van der Waals surface area contributed by atoms with E-state index < -0.39 is 0 Å². The molecule has 1 N–H and O–H groups in total. The molecule has 0 unspecified atom stereocenters. The van der Waals surface area contributed by atoms with Crippen molar-refractivity contribution in [2.45, 2.75) is 39.2 Å². The number of aromatic nitrogens is 1. The Hall–Kier alpha value is -1.39. The Morgan fingerprint density at radius 3 is 2.70 bits per heavy atom. The van der Waals surface area contributed by atoms with Crippen molar-refractivity contribution in [1.29, 1.82) is 0 Å². The Labute approximate surface area is 123 Å². The molecule has 106 valence electrons. The molecular weight excluding hydrogens is 268 g/mol. The molecule has 1 aliphatic carbocycles. The normalized spacial score (nSPS) is 14.6. The second-order valence-corrected chi connectivity index (χ2v) is 6.65. The highest BCUT2D eigenvalue weighted by molar-refractivity contribution is 7.15. The smallest absolute Gasteiger partial charge is 0.190 e. The minimum absolute atomic E-state index is 0.101. The molecule has 3 nitrogen and oxygen atoms in total. The van der Waals surface area contributed by atoms with Crippen LogP contribution in [0.3, 0.4) is 0 Å². The first-order chi connectivity index (χ1) is 9.60. The molecule has 0 spiro atoms. The lowest BCUT2D eigenvalue weighted by Gasteiger charge is -2.18. The van der Waals surface area contributed by atoms with Crippen LogP contribution in [0, 0.1) is 13.8 Å². The number of benzene rings is 1. The van der Waals surface area contributed by atoms with Crippen molar-refractivity contribution in [2.75, 3.05) is 11.9 Å². The van der Waals surface area contributed by atoms with Crippen LogP contribution in [0.5, 0.6) is 0 Å². The molecule has 1 heterocycles. The lowest BCUT2D eigenvalue weighted by atomic mass is 10.1. The SMILES string of the molecule is Cc1ccc(N(C)c2nc(C3CC3)c(CO)s2)c(C)c1. The number of aryl methyl sites for hydroxylation is 2. The van der Waals surface area contributed by atoms with Gasteiger partial charge < -0.3 is 10.0 Å². The average molecular weight is 288 g/mol. The van der Waals surface area contributed by atoms with Crippen LogP contribution in [0.4, 0.5) is 10.8 Å². The maximum atomic E-state index is 9.50. The van der Waals surface area contributed by atoms with Gasteiger partial charge in [0.15, 0.2) is 5.13 Å². The first-order valence-corrected chi connectivity index (χ1v) is 7.83. The average Bonchev–Trinajstić information content (AvgIpc) is 3.17. The number of hydrogen-bond acceptors (Lipinski definition) is 4. The molecule has 1 fully saturated rings. The van der Waals surface area contributed by atoms with Gasteiger partial charge in [0.05, 0.1) is 17.2 Å². The number of aliphatic hydroxyl groups is 1. The summed E-state index contributed by atoms with van der Waals surface area (Å²) >= 11 is 1.61. The molecule has 0 amide bonds. The van der Waals surface area contributed by atoms with Gasteiger partial charge in [-0.3, -0.25) is 0 Å². The van der Waals surface area contributed by atoms with Gasteiger partial charge in [0.1, 0.15) is 0 Å². The summed E-state index contributed by atoms with van der Waals surface area (Å²) in [5, 5.41) is 10.5. The van der Waals surface area contributed by atoms with Crippen LogP contribution in [-0.4, -0.2) is 17.1 Å². The molecule has 0 saturated heterocycles. The van der Waals surface area contributed by atoms with Gasteiger partial charge >= 0.3 is 0 Å². The van der Waals surface area contributed by atoms with E-state index in [0.717, 1.165) is 15.7 Å². The standard InChI is InChI=1S/C16H20N2OS/c1-10-4-7-13(11(2)8-10)18(3)16-17-15(12-5-6-12)14(9-19)20-16/h4,7-8,12,19H,5-6,9H2,1-3H3. The predicted octanol–water partition coefficient (Wildman–Crippen LogP) is 3.90. The quantitative estimate of drug-likeness (QED) is 0.927. The van der Waals surface area contributed by atoms with E-state index in [0.29, 0.717) is 5.92 Å². The van der Waals surface area contributed by atoms with Crippen molar-refractivity contribution in [1.82, 2.24) is 4.98 Å². The molecule has 1 aliphatic rings. The van der Waals surface area contributed by atoms with Gasteiger partial charge in [-0.05, 0) is 38.3 Å². The van der Waals surface area contributed by atoms with Crippen LogP contribution < -0.4 is 4.90 Å². The first-order valence-electron chi connectivity index (χ1n) is 7.01. The monoisotopic (exact) mass is 288 g/mol. The Balaban J connectivity index is 1.95. The van der Waals surface area contributed by atoms with Crippen LogP contribution in [0.1, 0.15) is 40.5 Å². The fourth-order valence-electron chi connectivity index (χ4n) is 2.57. The molecule has 0 bridgehead atoms. The summed E-state index contributed by atoms with van der Waals surface area (Å²) in [5.41, 5.74) is 4.81. The van der Waals surface area contributed by atoms with E-state index in [1.807, 2.05) is 7.05 Å². The lowest BCUT2D eigenvalue weighted by molar-refractivity contribution is 0.284. The molecule has 20 heavy (non-hydrogen) atoms. The Morgan fingerprint density at radius 1 is 1.35 bits per heavy atom. The highest BCUT2D eigenvalue weighted by Gasteiger charge is 2.30. The van der Waals surface area contributed by atoms with E-state index in [1.54, 1.807) is 11.3 Å². The fraction of sp³-hybridized carbons (Fsp3) is 0.438. The molecule has 2 aromatic rings.